The maximum Gasteiger partial charge on any atom is 0.170 e. The summed E-state index contributed by atoms with van der Waals surface area (Å²) in [6, 6.07) is 14.5. The minimum Gasteiger partial charge on any atom is -0.371 e. The van der Waals surface area contributed by atoms with Crippen molar-refractivity contribution in [2.24, 2.45) is 10.8 Å². The largest absolute Gasteiger partial charge is 0.371 e. The van der Waals surface area contributed by atoms with Gasteiger partial charge >= 0.3 is 0 Å². The summed E-state index contributed by atoms with van der Waals surface area (Å²) in [6.07, 6.45) is 2.96. The summed E-state index contributed by atoms with van der Waals surface area (Å²) >= 11 is 0. The number of hydrogen-bond donors (Lipinski definition) is 1. The van der Waals surface area contributed by atoms with Gasteiger partial charge in [0.05, 0.1) is 11.6 Å². The van der Waals surface area contributed by atoms with Crippen LogP contribution in [0.15, 0.2) is 42.6 Å². The number of benzene rings is 2. The normalized spacial score (nSPS) is 16.1. The highest BCUT2D eigenvalue weighted by Crippen LogP contribution is 2.36. The molecule has 0 radical (unpaired) electrons. The molecule has 1 N–H and O–H groups in total. The highest BCUT2D eigenvalue weighted by atomic mass is 16.1. The zero-order chi connectivity index (χ0) is 21.7. The SMILES string of the molecule is CC1(C)CCN(c2cc(C#N)cc(-c3ccc4[nH]cc(C(=O)C(C)(C)C)c4c3)c2)C1. The van der Waals surface area contributed by atoms with Gasteiger partial charge in [-0.1, -0.05) is 40.7 Å². The van der Waals surface area contributed by atoms with Crippen LogP contribution >= 0.6 is 0 Å². The number of nitriles is 1. The van der Waals surface area contributed by atoms with E-state index in [4.69, 9.17) is 0 Å². The molecule has 1 aliphatic rings. The average molecular weight is 400 g/mol. The van der Waals surface area contributed by atoms with E-state index in [1.807, 2.05) is 45.2 Å². The quantitative estimate of drug-likeness (QED) is 0.536. The number of nitrogens with one attached hydrogen (secondary N) is 1. The number of rotatable bonds is 3. The number of ketones is 1. The molecular formula is C26H29N3O. The number of nitrogens with zero attached hydrogens (tertiary/aromatic N) is 2. The van der Waals surface area contributed by atoms with E-state index in [1.54, 1.807) is 0 Å². The van der Waals surface area contributed by atoms with Crippen LogP contribution in [0.25, 0.3) is 22.0 Å². The standard InChI is InChI=1S/C26H29N3O/c1-25(2,3)24(30)22-15-28-23-7-6-18(13-21(22)23)19-10-17(14-27)11-20(12-19)29-9-8-26(4,5)16-29/h6-7,10-13,15,28H,8-9,16H2,1-5H3. The number of Topliss-reactive ketones (excluding diaryl/α,β-unsaturated/α-hetero) is 1. The van der Waals surface area contributed by atoms with Crippen LogP contribution in [0.5, 0.6) is 0 Å². The molecule has 0 unspecified atom stereocenters. The van der Waals surface area contributed by atoms with E-state index in [1.165, 1.54) is 0 Å². The second kappa shape index (κ2) is 7.02. The van der Waals surface area contributed by atoms with Gasteiger partial charge in [0.15, 0.2) is 5.78 Å². The summed E-state index contributed by atoms with van der Waals surface area (Å²) in [5, 5.41) is 10.5. The Hall–Kier alpha value is -3.06. The Labute approximate surface area is 178 Å². The summed E-state index contributed by atoms with van der Waals surface area (Å²) < 4.78 is 0. The molecule has 1 aromatic heterocycles. The second-order valence-electron chi connectivity index (χ2n) is 10.3. The fourth-order valence-electron chi connectivity index (χ4n) is 4.25. The summed E-state index contributed by atoms with van der Waals surface area (Å²) in [4.78, 5) is 18.5. The molecule has 1 fully saturated rings. The lowest BCUT2D eigenvalue weighted by molar-refractivity contribution is 0.0860. The van der Waals surface area contributed by atoms with Crippen molar-refractivity contribution in [2.75, 3.05) is 18.0 Å². The maximum atomic E-state index is 12.9. The Morgan fingerprint density at radius 1 is 1.13 bits per heavy atom. The molecule has 0 amide bonds. The fraction of sp³-hybridized carbons (Fsp3) is 0.385. The molecule has 1 aliphatic heterocycles. The lowest BCUT2D eigenvalue weighted by Gasteiger charge is -2.22. The molecule has 1 saturated heterocycles. The highest BCUT2D eigenvalue weighted by molar-refractivity contribution is 6.10. The van der Waals surface area contributed by atoms with Crippen molar-refractivity contribution in [3.05, 3.63) is 53.7 Å². The summed E-state index contributed by atoms with van der Waals surface area (Å²) in [6.45, 7) is 12.4. The number of hydrogen-bond acceptors (Lipinski definition) is 3. The number of carbonyl (C=O) groups excluding carboxylic acids is 1. The van der Waals surface area contributed by atoms with Gasteiger partial charge in [0.25, 0.3) is 0 Å². The van der Waals surface area contributed by atoms with E-state index < -0.39 is 5.41 Å². The molecule has 3 aromatic rings. The third-order valence-corrected chi connectivity index (χ3v) is 6.03. The van der Waals surface area contributed by atoms with E-state index in [9.17, 15) is 10.1 Å². The van der Waals surface area contributed by atoms with E-state index in [0.29, 0.717) is 5.56 Å². The van der Waals surface area contributed by atoms with E-state index in [0.717, 1.165) is 52.8 Å². The zero-order valence-electron chi connectivity index (χ0n) is 18.5. The molecule has 2 heterocycles. The second-order valence-corrected chi connectivity index (χ2v) is 10.3. The van der Waals surface area contributed by atoms with Crippen LogP contribution in [0.1, 0.15) is 57.0 Å². The molecule has 2 aromatic carbocycles. The van der Waals surface area contributed by atoms with Gasteiger partial charge in [0.2, 0.25) is 0 Å². The van der Waals surface area contributed by atoms with Crippen LogP contribution in [0, 0.1) is 22.2 Å². The van der Waals surface area contributed by atoms with Crippen molar-refractivity contribution in [1.29, 1.82) is 5.26 Å². The van der Waals surface area contributed by atoms with Crippen LogP contribution in [-0.4, -0.2) is 23.9 Å². The van der Waals surface area contributed by atoms with Crippen LogP contribution < -0.4 is 4.90 Å². The van der Waals surface area contributed by atoms with Crippen molar-refractivity contribution >= 4 is 22.4 Å². The lowest BCUT2D eigenvalue weighted by Crippen LogP contribution is -2.22. The maximum absolute atomic E-state index is 12.9. The average Bonchev–Trinajstić information content (AvgIpc) is 3.28. The molecule has 0 saturated carbocycles. The molecule has 0 atom stereocenters. The van der Waals surface area contributed by atoms with Gasteiger partial charge in [-0.25, -0.2) is 0 Å². The molecule has 0 bridgehead atoms. The summed E-state index contributed by atoms with van der Waals surface area (Å²) in [5.41, 5.74) is 5.29. The number of anilines is 1. The van der Waals surface area contributed by atoms with Crippen LogP contribution in [0.2, 0.25) is 0 Å². The molecule has 4 heteroatoms. The zero-order valence-corrected chi connectivity index (χ0v) is 18.5. The van der Waals surface area contributed by atoms with E-state index in [2.05, 4.69) is 48.0 Å². The first-order valence-electron chi connectivity index (χ1n) is 10.5. The predicted molar refractivity (Wildman–Crippen MR) is 123 cm³/mol. The highest BCUT2D eigenvalue weighted by Gasteiger charge is 2.30. The van der Waals surface area contributed by atoms with Gasteiger partial charge in [-0.15, -0.1) is 0 Å². The third-order valence-electron chi connectivity index (χ3n) is 6.03. The summed E-state index contributed by atoms with van der Waals surface area (Å²) in [7, 11) is 0. The van der Waals surface area contributed by atoms with Crippen molar-refractivity contribution in [3.63, 3.8) is 0 Å². The first kappa shape index (κ1) is 20.2. The Morgan fingerprint density at radius 2 is 1.90 bits per heavy atom. The molecule has 30 heavy (non-hydrogen) atoms. The van der Waals surface area contributed by atoms with Crippen LogP contribution in [0.3, 0.4) is 0 Å². The first-order chi connectivity index (χ1) is 14.1. The molecule has 0 aliphatic carbocycles. The Balaban J connectivity index is 1.79. The van der Waals surface area contributed by atoms with E-state index >= 15 is 0 Å². The third kappa shape index (κ3) is 3.73. The van der Waals surface area contributed by atoms with Gasteiger partial charge in [0.1, 0.15) is 0 Å². The van der Waals surface area contributed by atoms with Gasteiger partial charge in [-0.3, -0.25) is 4.79 Å². The molecule has 4 rings (SSSR count). The Morgan fingerprint density at radius 3 is 2.53 bits per heavy atom. The first-order valence-corrected chi connectivity index (χ1v) is 10.5. The van der Waals surface area contributed by atoms with Gasteiger partial charge in [0, 0.05) is 46.9 Å². The topological polar surface area (TPSA) is 59.9 Å². The van der Waals surface area contributed by atoms with Crippen LogP contribution in [0.4, 0.5) is 5.69 Å². The predicted octanol–water partition coefficient (Wildman–Crippen LogP) is 6.17. The smallest absolute Gasteiger partial charge is 0.170 e. The molecule has 4 nitrogen and oxygen atoms in total. The Bertz CT molecular complexity index is 1170. The van der Waals surface area contributed by atoms with Crippen LogP contribution in [-0.2, 0) is 0 Å². The number of H-pyrrole nitrogens is 1. The van der Waals surface area contributed by atoms with E-state index in [-0.39, 0.29) is 11.2 Å². The van der Waals surface area contributed by atoms with Crippen molar-refractivity contribution in [3.8, 4) is 17.2 Å². The monoisotopic (exact) mass is 399 g/mol. The van der Waals surface area contributed by atoms with Gasteiger partial charge < -0.3 is 9.88 Å². The lowest BCUT2D eigenvalue weighted by atomic mass is 9.86. The van der Waals surface area contributed by atoms with Gasteiger partial charge in [-0.05, 0) is 53.3 Å². The Kier molecular flexibility index (Phi) is 4.73. The number of aromatic amines is 1. The number of carbonyl (C=O) groups is 1. The van der Waals surface area contributed by atoms with Crippen molar-refractivity contribution in [2.45, 2.75) is 41.0 Å². The fourth-order valence-corrected chi connectivity index (χ4v) is 4.25. The van der Waals surface area contributed by atoms with Crippen molar-refractivity contribution < 1.29 is 4.79 Å². The summed E-state index contributed by atoms with van der Waals surface area (Å²) in [5.74, 6) is 0.122. The molecule has 0 spiro atoms. The van der Waals surface area contributed by atoms with Crippen molar-refractivity contribution in [1.82, 2.24) is 4.98 Å². The number of fused-ring (bicyclic) bond motifs is 1. The van der Waals surface area contributed by atoms with Gasteiger partial charge in [-0.2, -0.15) is 5.26 Å². The minimum atomic E-state index is -0.443. The number of aromatic nitrogens is 1. The molecular weight excluding hydrogens is 370 g/mol. The minimum absolute atomic E-state index is 0.122. The molecule has 154 valence electrons.